The summed E-state index contributed by atoms with van der Waals surface area (Å²) >= 11 is 0. The SMILES string of the molecule is C=C[C@@]1(O)CCC[C@H]1O. The zero-order valence-electron chi connectivity index (χ0n) is 5.38. The lowest BCUT2D eigenvalue weighted by atomic mass is 10.0. The molecular weight excluding hydrogens is 116 g/mol. The predicted molar refractivity (Wildman–Crippen MR) is 35.0 cm³/mol. The van der Waals surface area contributed by atoms with E-state index < -0.39 is 11.7 Å². The Balaban J connectivity index is 2.66. The zero-order chi connectivity index (χ0) is 6.91. The topological polar surface area (TPSA) is 40.5 Å². The molecule has 0 bridgehead atoms. The van der Waals surface area contributed by atoms with E-state index in [4.69, 9.17) is 5.11 Å². The third-order valence-electron chi connectivity index (χ3n) is 1.99. The molecule has 0 saturated heterocycles. The van der Waals surface area contributed by atoms with Gasteiger partial charge in [-0.15, -0.1) is 6.58 Å². The van der Waals surface area contributed by atoms with Crippen molar-refractivity contribution < 1.29 is 10.2 Å². The van der Waals surface area contributed by atoms with E-state index in [-0.39, 0.29) is 0 Å². The fourth-order valence-electron chi connectivity index (χ4n) is 1.23. The molecule has 0 aromatic carbocycles. The van der Waals surface area contributed by atoms with Gasteiger partial charge in [0.15, 0.2) is 0 Å². The van der Waals surface area contributed by atoms with Crippen molar-refractivity contribution in [3.05, 3.63) is 12.7 Å². The van der Waals surface area contributed by atoms with Crippen molar-refractivity contribution in [3.63, 3.8) is 0 Å². The summed E-state index contributed by atoms with van der Waals surface area (Å²) in [5.41, 5.74) is -0.986. The zero-order valence-corrected chi connectivity index (χ0v) is 5.38. The second-order valence-electron chi connectivity index (χ2n) is 2.60. The first-order valence-electron chi connectivity index (χ1n) is 3.23. The van der Waals surface area contributed by atoms with Gasteiger partial charge in [0.25, 0.3) is 0 Å². The molecule has 0 aromatic rings. The average molecular weight is 128 g/mol. The summed E-state index contributed by atoms with van der Waals surface area (Å²) in [6.07, 6.45) is 3.09. The number of hydrogen-bond acceptors (Lipinski definition) is 2. The van der Waals surface area contributed by atoms with Gasteiger partial charge in [0.1, 0.15) is 5.60 Å². The van der Waals surface area contributed by atoms with Crippen LogP contribution in [0.15, 0.2) is 12.7 Å². The highest BCUT2D eigenvalue weighted by molar-refractivity contribution is 5.04. The molecule has 0 amide bonds. The van der Waals surface area contributed by atoms with Gasteiger partial charge in [0, 0.05) is 0 Å². The molecule has 2 heteroatoms. The van der Waals surface area contributed by atoms with Crippen LogP contribution in [-0.2, 0) is 0 Å². The fourth-order valence-corrected chi connectivity index (χ4v) is 1.23. The average Bonchev–Trinajstić information content (AvgIpc) is 2.15. The van der Waals surface area contributed by atoms with E-state index >= 15 is 0 Å². The van der Waals surface area contributed by atoms with Crippen molar-refractivity contribution in [2.45, 2.75) is 31.0 Å². The largest absolute Gasteiger partial charge is 0.390 e. The molecule has 0 radical (unpaired) electrons. The minimum Gasteiger partial charge on any atom is -0.390 e. The maximum Gasteiger partial charge on any atom is 0.108 e. The Morgan fingerprint density at radius 3 is 2.56 bits per heavy atom. The molecule has 0 heterocycles. The lowest BCUT2D eigenvalue weighted by Crippen LogP contribution is -2.34. The minimum absolute atomic E-state index is 0.588. The summed E-state index contributed by atoms with van der Waals surface area (Å²) in [6, 6.07) is 0. The molecule has 0 unspecified atom stereocenters. The van der Waals surface area contributed by atoms with Gasteiger partial charge in [0.05, 0.1) is 6.10 Å². The molecule has 0 aromatic heterocycles. The van der Waals surface area contributed by atoms with E-state index in [0.717, 1.165) is 6.42 Å². The van der Waals surface area contributed by atoms with E-state index in [1.165, 1.54) is 6.08 Å². The number of rotatable bonds is 1. The van der Waals surface area contributed by atoms with Gasteiger partial charge >= 0.3 is 0 Å². The number of aliphatic hydroxyl groups excluding tert-OH is 1. The molecule has 2 N–H and O–H groups in total. The van der Waals surface area contributed by atoms with Crippen molar-refractivity contribution in [1.82, 2.24) is 0 Å². The molecular formula is C7H12O2. The van der Waals surface area contributed by atoms with Gasteiger partial charge in [-0.1, -0.05) is 6.08 Å². The Bertz CT molecular complexity index is 122. The van der Waals surface area contributed by atoms with Crippen LogP contribution < -0.4 is 0 Å². The van der Waals surface area contributed by atoms with E-state index in [0.29, 0.717) is 12.8 Å². The third kappa shape index (κ3) is 1.00. The first kappa shape index (κ1) is 6.78. The van der Waals surface area contributed by atoms with Crippen LogP contribution in [0.25, 0.3) is 0 Å². The van der Waals surface area contributed by atoms with Gasteiger partial charge < -0.3 is 10.2 Å². The second kappa shape index (κ2) is 2.12. The van der Waals surface area contributed by atoms with Crippen LogP contribution in [0.5, 0.6) is 0 Å². The molecule has 1 saturated carbocycles. The summed E-state index contributed by atoms with van der Waals surface area (Å²) in [6.45, 7) is 3.45. The lowest BCUT2D eigenvalue weighted by molar-refractivity contribution is -0.0154. The van der Waals surface area contributed by atoms with Crippen molar-refractivity contribution in [3.8, 4) is 0 Å². The van der Waals surface area contributed by atoms with E-state index in [2.05, 4.69) is 6.58 Å². The number of aliphatic hydroxyl groups is 2. The normalized spacial score (nSPS) is 43.1. The molecule has 2 nitrogen and oxygen atoms in total. The monoisotopic (exact) mass is 128 g/mol. The molecule has 1 rings (SSSR count). The van der Waals surface area contributed by atoms with Gasteiger partial charge in [-0.2, -0.15) is 0 Å². The van der Waals surface area contributed by atoms with Crippen LogP contribution in [0.4, 0.5) is 0 Å². The highest BCUT2D eigenvalue weighted by Gasteiger charge is 2.36. The van der Waals surface area contributed by atoms with E-state index in [1.54, 1.807) is 0 Å². The Morgan fingerprint density at radius 1 is 1.67 bits per heavy atom. The molecule has 1 aliphatic rings. The number of hydrogen-bond donors (Lipinski definition) is 2. The third-order valence-corrected chi connectivity index (χ3v) is 1.99. The van der Waals surface area contributed by atoms with Gasteiger partial charge in [-0.25, -0.2) is 0 Å². The predicted octanol–water partition coefficient (Wildman–Crippen LogP) is 0.448. The maximum absolute atomic E-state index is 9.40. The summed E-state index contributed by atoms with van der Waals surface area (Å²) in [5.74, 6) is 0. The molecule has 1 fully saturated rings. The quantitative estimate of drug-likeness (QED) is 0.503. The smallest absolute Gasteiger partial charge is 0.108 e. The van der Waals surface area contributed by atoms with Crippen molar-refractivity contribution in [1.29, 1.82) is 0 Å². The van der Waals surface area contributed by atoms with Crippen LogP contribution in [0.3, 0.4) is 0 Å². The minimum atomic E-state index is -0.986. The highest BCUT2D eigenvalue weighted by Crippen LogP contribution is 2.30. The Labute approximate surface area is 54.8 Å². The van der Waals surface area contributed by atoms with Crippen LogP contribution in [-0.4, -0.2) is 21.9 Å². The van der Waals surface area contributed by atoms with Gasteiger partial charge in [0.2, 0.25) is 0 Å². The molecule has 52 valence electrons. The van der Waals surface area contributed by atoms with Crippen molar-refractivity contribution >= 4 is 0 Å². The van der Waals surface area contributed by atoms with Crippen LogP contribution >= 0.6 is 0 Å². The fraction of sp³-hybridized carbons (Fsp3) is 0.714. The van der Waals surface area contributed by atoms with Crippen LogP contribution in [0.2, 0.25) is 0 Å². The van der Waals surface area contributed by atoms with Crippen LogP contribution in [0.1, 0.15) is 19.3 Å². The van der Waals surface area contributed by atoms with Crippen molar-refractivity contribution in [2.75, 3.05) is 0 Å². The molecule has 1 aliphatic carbocycles. The first-order valence-corrected chi connectivity index (χ1v) is 3.23. The first-order chi connectivity index (χ1) is 4.19. The Morgan fingerprint density at radius 2 is 2.33 bits per heavy atom. The second-order valence-corrected chi connectivity index (χ2v) is 2.60. The van der Waals surface area contributed by atoms with Crippen LogP contribution in [0, 0.1) is 0 Å². The molecule has 2 atom stereocenters. The molecule has 0 aliphatic heterocycles. The summed E-state index contributed by atoms with van der Waals surface area (Å²) in [7, 11) is 0. The van der Waals surface area contributed by atoms with Gasteiger partial charge in [-0.05, 0) is 19.3 Å². The summed E-state index contributed by atoms with van der Waals surface area (Å²) < 4.78 is 0. The van der Waals surface area contributed by atoms with Crippen molar-refractivity contribution in [2.24, 2.45) is 0 Å². The molecule has 9 heavy (non-hydrogen) atoms. The summed E-state index contributed by atoms with van der Waals surface area (Å²) in [5, 5.41) is 18.5. The standard InChI is InChI=1S/C7H12O2/c1-2-7(9)5-3-4-6(7)8/h2,6,8-9H,1,3-5H2/t6-,7-/m1/s1. The Kier molecular flexibility index (Phi) is 1.60. The van der Waals surface area contributed by atoms with E-state index in [1.807, 2.05) is 0 Å². The van der Waals surface area contributed by atoms with Gasteiger partial charge in [-0.3, -0.25) is 0 Å². The maximum atomic E-state index is 9.40. The van der Waals surface area contributed by atoms with E-state index in [9.17, 15) is 5.11 Å². The molecule has 0 spiro atoms. The Hall–Kier alpha value is -0.340. The summed E-state index contributed by atoms with van der Waals surface area (Å²) in [4.78, 5) is 0. The highest BCUT2D eigenvalue weighted by atomic mass is 16.3. The lowest BCUT2D eigenvalue weighted by Gasteiger charge is -2.21.